The molecular formula is C26H33BrN2O3. The van der Waals surface area contributed by atoms with Crippen molar-refractivity contribution in [1.82, 2.24) is 10.2 Å². The molecule has 0 spiro atoms. The molecule has 172 valence electrons. The van der Waals surface area contributed by atoms with E-state index in [0.29, 0.717) is 12.3 Å². The predicted octanol–water partition coefficient (Wildman–Crippen LogP) is 5.31. The van der Waals surface area contributed by atoms with Gasteiger partial charge in [0.25, 0.3) is 5.91 Å². The third kappa shape index (κ3) is 6.83. The highest BCUT2D eigenvalue weighted by Gasteiger charge is 2.28. The average Bonchev–Trinajstić information content (AvgIpc) is 2.79. The number of rotatable bonds is 8. The summed E-state index contributed by atoms with van der Waals surface area (Å²) in [5, 5.41) is 3.16. The van der Waals surface area contributed by atoms with Crippen LogP contribution in [-0.2, 0) is 16.1 Å². The summed E-state index contributed by atoms with van der Waals surface area (Å²) in [5.74, 6) is 0.322. The summed E-state index contributed by atoms with van der Waals surface area (Å²) in [5.41, 5.74) is 3.18. The summed E-state index contributed by atoms with van der Waals surface area (Å²) in [4.78, 5) is 27.8. The Morgan fingerprint density at radius 2 is 1.78 bits per heavy atom. The van der Waals surface area contributed by atoms with Crippen molar-refractivity contribution in [3.8, 4) is 5.75 Å². The minimum atomic E-state index is -0.582. The highest BCUT2D eigenvalue weighted by Crippen LogP contribution is 2.22. The topological polar surface area (TPSA) is 58.6 Å². The number of hydrogen-bond acceptors (Lipinski definition) is 3. The fraction of sp³-hybridized carbons (Fsp3) is 0.462. The molecule has 1 aliphatic rings. The van der Waals surface area contributed by atoms with Gasteiger partial charge in [-0.05, 0) is 62.9 Å². The first-order valence-electron chi connectivity index (χ1n) is 11.4. The first kappa shape index (κ1) is 24.3. The monoisotopic (exact) mass is 500 g/mol. The van der Waals surface area contributed by atoms with Crippen LogP contribution in [0.1, 0.15) is 55.7 Å². The molecule has 0 aromatic heterocycles. The standard InChI is InChI=1S/C26H33BrN2O3/c1-18-9-11-21(12-10-18)16-29(20(3)26(31)28-22-7-5-4-6-8-22)25(30)17-32-23-13-14-24(27)19(2)15-23/h9-15,20,22H,4-8,16-17H2,1-3H3,(H,28,31)/t20-/m1/s1. The second-order valence-electron chi connectivity index (χ2n) is 8.73. The number of carbonyl (C=O) groups excluding carboxylic acids is 2. The largest absolute Gasteiger partial charge is 0.484 e. The molecule has 1 saturated carbocycles. The number of halogens is 1. The van der Waals surface area contributed by atoms with Crippen molar-refractivity contribution in [1.29, 1.82) is 0 Å². The fourth-order valence-corrected chi connectivity index (χ4v) is 4.22. The Balaban J connectivity index is 1.70. The minimum Gasteiger partial charge on any atom is -0.484 e. The van der Waals surface area contributed by atoms with Crippen molar-refractivity contribution >= 4 is 27.7 Å². The Bertz CT molecular complexity index is 923. The van der Waals surface area contributed by atoms with E-state index in [-0.39, 0.29) is 24.5 Å². The van der Waals surface area contributed by atoms with Gasteiger partial charge in [-0.2, -0.15) is 0 Å². The molecule has 0 heterocycles. The van der Waals surface area contributed by atoms with Crippen molar-refractivity contribution in [2.75, 3.05) is 6.61 Å². The van der Waals surface area contributed by atoms with Crippen LogP contribution in [0, 0.1) is 13.8 Å². The first-order valence-corrected chi connectivity index (χ1v) is 12.2. The van der Waals surface area contributed by atoms with Gasteiger partial charge in [0.1, 0.15) is 11.8 Å². The Labute approximate surface area is 199 Å². The third-order valence-electron chi connectivity index (χ3n) is 6.08. The van der Waals surface area contributed by atoms with E-state index < -0.39 is 6.04 Å². The van der Waals surface area contributed by atoms with Crippen LogP contribution in [0.4, 0.5) is 0 Å². The molecule has 32 heavy (non-hydrogen) atoms. The molecule has 6 heteroatoms. The van der Waals surface area contributed by atoms with Crippen LogP contribution in [0.5, 0.6) is 5.75 Å². The van der Waals surface area contributed by atoms with Crippen LogP contribution in [0.3, 0.4) is 0 Å². The van der Waals surface area contributed by atoms with Crippen LogP contribution >= 0.6 is 15.9 Å². The maximum atomic E-state index is 13.2. The van der Waals surface area contributed by atoms with Crippen molar-refractivity contribution in [3.05, 3.63) is 63.6 Å². The normalized spacial score (nSPS) is 15.1. The SMILES string of the molecule is Cc1ccc(CN(C(=O)COc2ccc(Br)c(C)c2)[C@H](C)C(=O)NC2CCCCC2)cc1. The number of nitrogens with one attached hydrogen (secondary N) is 1. The minimum absolute atomic E-state index is 0.100. The molecule has 1 fully saturated rings. The summed E-state index contributed by atoms with van der Waals surface area (Å²) in [7, 11) is 0. The molecule has 1 atom stereocenters. The lowest BCUT2D eigenvalue weighted by atomic mass is 9.95. The number of hydrogen-bond donors (Lipinski definition) is 1. The van der Waals surface area contributed by atoms with Crippen LogP contribution in [-0.4, -0.2) is 35.4 Å². The molecule has 2 aromatic rings. The molecule has 0 saturated heterocycles. The van der Waals surface area contributed by atoms with Crippen LogP contribution in [0.15, 0.2) is 46.9 Å². The van der Waals surface area contributed by atoms with Crippen molar-refractivity contribution < 1.29 is 14.3 Å². The quantitative estimate of drug-likeness (QED) is 0.534. The second kappa shape index (κ2) is 11.5. The summed E-state index contributed by atoms with van der Waals surface area (Å²) in [6.45, 7) is 6.05. The van der Waals surface area contributed by atoms with Gasteiger partial charge in [0.15, 0.2) is 6.61 Å². The molecule has 2 aromatic carbocycles. The van der Waals surface area contributed by atoms with Crippen LogP contribution in [0.2, 0.25) is 0 Å². The highest BCUT2D eigenvalue weighted by atomic mass is 79.9. The zero-order chi connectivity index (χ0) is 23.1. The molecule has 0 aliphatic heterocycles. The molecule has 1 aliphatic carbocycles. The van der Waals surface area contributed by atoms with E-state index in [1.165, 1.54) is 6.42 Å². The molecule has 3 rings (SSSR count). The van der Waals surface area contributed by atoms with Crippen molar-refractivity contribution in [2.24, 2.45) is 0 Å². The van der Waals surface area contributed by atoms with Crippen LogP contribution in [0.25, 0.3) is 0 Å². The lowest BCUT2D eigenvalue weighted by molar-refractivity contribution is -0.142. The molecule has 2 amide bonds. The molecule has 0 unspecified atom stereocenters. The summed E-state index contributed by atoms with van der Waals surface area (Å²) in [6, 6.07) is 13.3. The van der Waals surface area contributed by atoms with E-state index in [4.69, 9.17) is 4.74 Å². The lowest BCUT2D eigenvalue weighted by Crippen LogP contribution is -2.51. The van der Waals surface area contributed by atoms with Gasteiger partial charge in [-0.15, -0.1) is 0 Å². The fourth-order valence-electron chi connectivity index (χ4n) is 3.98. The van der Waals surface area contributed by atoms with E-state index >= 15 is 0 Å². The van der Waals surface area contributed by atoms with Crippen LogP contribution < -0.4 is 10.1 Å². The van der Waals surface area contributed by atoms with Gasteiger partial charge in [-0.25, -0.2) is 0 Å². The number of nitrogens with zero attached hydrogens (tertiary/aromatic N) is 1. The Morgan fingerprint density at radius 1 is 1.09 bits per heavy atom. The van der Waals surface area contributed by atoms with Crippen molar-refractivity contribution in [2.45, 2.75) is 71.5 Å². The second-order valence-corrected chi connectivity index (χ2v) is 9.58. The van der Waals surface area contributed by atoms with Gasteiger partial charge in [-0.1, -0.05) is 65.0 Å². The third-order valence-corrected chi connectivity index (χ3v) is 6.97. The van der Waals surface area contributed by atoms with E-state index in [9.17, 15) is 9.59 Å². The summed E-state index contributed by atoms with van der Waals surface area (Å²) < 4.78 is 6.77. The summed E-state index contributed by atoms with van der Waals surface area (Å²) >= 11 is 3.48. The molecule has 5 nitrogen and oxygen atoms in total. The molecule has 1 N–H and O–H groups in total. The van der Waals surface area contributed by atoms with Gasteiger partial charge >= 0.3 is 0 Å². The highest BCUT2D eigenvalue weighted by molar-refractivity contribution is 9.10. The van der Waals surface area contributed by atoms with Gasteiger partial charge in [-0.3, -0.25) is 9.59 Å². The van der Waals surface area contributed by atoms with E-state index in [0.717, 1.165) is 46.8 Å². The zero-order valence-electron chi connectivity index (χ0n) is 19.2. The number of amides is 2. The number of carbonyl (C=O) groups is 2. The smallest absolute Gasteiger partial charge is 0.261 e. The average molecular weight is 501 g/mol. The number of aryl methyl sites for hydroxylation is 2. The molecular weight excluding hydrogens is 468 g/mol. The van der Waals surface area contributed by atoms with Gasteiger partial charge in [0, 0.05) is 17.1 Å². The first-order chi connectivity index (χ1) is 15.3. The number of ether oxygens (including phenoxy) is 1. The van der Waals surface area contributed by atoms with E-state index in [2.05, 4.69) is 21.2 Å². The number of benzene rings is 2. The van der Waals surface area contributed by atoms with Gasteiger partial charge < -0.3 is 15.0 Å². The maximum absolute atomic E-state index is 13.2. The lowest BCUT2D eigenvalue weighted by Gasteiger charge is -2.31. The zero-order valence-corrected chi connectivity index (χ0v) is 20.8. The Hall–Kier alpha value is -2.34. The van der Waals surface area contributed by atoms with Gasteiger partial charge in [0.2, 0.25) is 5.91 Å². The van der Waals surface area contributed by atoms with E-state index in [1.807, 2.05) is 56.3 Å². The van der Waals surface area contributed by atoms with Gasteiger partial charge in [0.05, 0.1) is 0 Å². The maximum Gasteiger partial charge on any atom is 0.261 e. The molecule has 0 radical (unpaired) electrons. The Morgan fingerprint density at radius 3 is 2.44 bits per heavy atom. The Kier molecular flexibility index (Phi) is 8.74. The van der Waals surface area contributed by atoms with Crippen molar-refractivity contribution in [3.63, 3.8) is 0 Å². The predicted molar refractivity (Wildman–Crippen MR) is 131 cm³/mol. The summed E-state index contributed by atoms with van der Waals surface area (Å²) in [6.07, 6.45) is 5.54. The van der Waals surface area contributed by atoms with E-state index in [1.54, 1.807) is 11.8 Å². The molecule has 0 bridgehead atoms.